The highest BCUT2D eigenvalue weighted by Crippen LogP contribution is 2.21. The Morgan fingerprint density at radius 3 is 2.67 bits per heavy atom. The zero-order valence-electron chi connectivity index (χ0n) is 11.2. The fourth-order valence-electron chi connectivity index (χ4n) is 2.41. The van der Waals surface area contributed by atoms with Crippen molar-refractivity contribution in [3.63, 3.8) is 0 Å². The Morgan fingerprint density at radius 1 is 1.33 bits per heavy atom. The van der Waals surface area contributed by atoms with Crippen molar-refractivity contribution in [2.45, 2.75) is 45.1 Å². The van der Waals surface area contributed by atoms with Crippen LogP contribution in [0, 0.1) is 5.92 Å². The van der Waals surface area contributed by atoms with E-state index in [0.717, 1.165) is 45.2 Å². The number of piperidine rings is 1. The van der Waals surface area contributed by atoms with Crippen molar-refractivity contribution in [2.75, 3.05) is 26.2 Å². The molecule has 0 amide bonds. The minimum atomic E-state index is -3.27. The highest BCUT2D eigenvalue weighted by molar-refractivity contribution is 7.87. The van der Waals surface area contributed by atoms with Crippen LogP contribution in [0.4, 0.5) is 0 Å². The standard InChI is InChI=1S/C12H25N3O2S/c1-2-8-15(10-11-4-3-7-13-9-11)18(16,17)14-12-5-6-12/h11-14H,2-10H2,1H3. The summed E-state index contributed by atoms with van der Waals surface area (Å²) in [6.45, 7) is 5.32. The molecule has 1 atom stereocenters. The van der Waals surface area contributed by atoms with Crippen LogP contribution >= 0.6 is 0 Å². The molecule has 0 aromatic rings. The van der Waals surface area contributed by atoms with Crippen LogP contribution in [0.3, 0.4) is 0 Å². The van der Waals surface area contributed by atoms with Gasteiger partial charge < -0.3 is 5.32 Å². The molecule has 1 heterocycles. The zero-order chi connectivity index (χ0) is 13.0. The van der Waals surface area contributed by atoms with Crippen LogP contribution in [0.15, 0.2) is 0 Å². The molecule has 1 saturated heterocycles. The van der Waals surface area contributed by atoms with Crippen LogP contribution in [0.5, 0.6) is 0 Å². The lowest BCUT2D eigenvalue weighted by molar-refractivity contribution is 0.289. The fourth-order valence-corrected chi connectivity index (χ4v) is 4.05. The van der Waals surface area contributed by atoms with Gasteiger partial charge in [0.15, 0.2) is 0 Å². The van der Waals surface area contributed by atoms with E-state index >= 15 is 0 Å². The van der Waals surface area contributed by atoms with Gasteiger partial charge in [0.2, 0.25) is 0 Å². The van der Waals surface area contributed by atoms with Crippen molar-refractivity contribution in [3.8, 4) is 0 Å². The maximum absolute atomic E-state index is 12.2. The molecule has 5 nitrogen and oxygen atoms in total. The van der Waals surface area contributed by atoms with Crippen LogP contribution in [0.25, 0.3) is 0 Å². The van der Waals surface area contributed by atoms with Gasteiger partial charge in [-0.3, -0.25) is 0 Å². The summed E-state index contributed by atoms with van der Waals surface area (Å²) in [7, 11) is -3.27. The smallest absolute Gasteiger partial charge is 0.279 e. The quantitative estimate of drug-likeness (QED) is 0.719. The monoisotopic (exact) mass is 275 g/mol. The Kier molecular flexibility index (Phi) is 5.00. The Bertz CT molecular complexity index is 348. The first-order valence-corrected chi connectivity index (χ1v) is 8.54. The van der Waals surface area contributed by atoms with Gasteiger partial charge in [0.25, 0.3) is 10.2 Å². The third-order valence-corrected chi connectivity index (χ3v) is 5.21. The summed E-state index contributed by atoms with van der Waals surface area (Å²) in [5.41, 5.74) is 0. The van der Waals surface area contributed by atoms with Gasteiger partial charge in [0.05, 0.1) is 0 Å². The molecule has 0 aromatic heterocycles. The van der Waals surface area contributed by atoms with Crippen LogP contribution in [-0.2, 0) is 10.2 Å². The van der Waals surface area contributed by atoms with Crippen molar-refractivity contribution in [1.82, 2.24) is 14.3 Å². The molecule has 18 heavy (non-hydrogen) atoms. The first-order chi connectivity index (χ1) is 8.62. The third-order valence-electron chi connectivity index (χ3n) is 3.57. The predicted molar refractivity (Wildman–Crippen MR) is 72.5 cm³/mol. The molecule has 1 saturated carbocycles. The molecule has 0 bridgehead atoms. The van der Waals surface area contributed by atoms with Crippen molar-refractivity contribution in [2.24, 2.45) is 5.92 Å². The summed E-state index contributed by atoms with van der Waals surface area (Å²) in [6, 6.07) is 0.193. The van der Waals surface area contributed by atoms with Crippen molar-refractivity contribution < 1.29 is 8.42 Å². The normalized spacial score (nSPS) is 25.6. The molecular weight excluding hydrogens is 250 g/mol. The van der Waals surface area contributed by atoms with Crippen LogP contribution < -0.4 is 10.0 Å². The summed E-state index contributed by atoms with van der Waals surface area (Å²) in [4.78, 5) is 0. The Hall–Kier alpha value is -0.170. The second-order valence-electron chi connectivity index (χ2n) is 5.47. The van der Waals surface area contributed by atoms with Gasteiger partial charge in [0.1, 0.15) is 0 Å². The highest BCUT2D eigenvalue weighted by Gasteiger charge is 2.31. The van der Waals surface area contributed by atoms with Gasteiger partial charge in [-0.2, -0.15) is 17.4 Å². The van der Waals surface area contributed by atoms with Crippen LogP contribution in [0.1, 0.15) is 39.0 Å². The van der Waals surface area contributed by atoms with Crippen molar-refractivity contribution in [1.29, 1.82) is 0 Å². The summed E-state index contributed by atoms with van der Waals surface area (Å²) in [5.74, 6) is 0.459. The molecule has 2 N–H and O–H groups in total. The van der Waals surface area contributed by atoms with E-state index in [4.69, 9.17) is 0 Å². The molecule has 2 fully saturated rings. The van der Waals surface area contributed by atoms with Crippen LogP contribution in [-0.4, -0.2) is 44.9 Å². The van der Waals surface area contributed by atoms with E-state index < -0.39 is 10.2 Å². The summed E-state index contributed by atoms with van der Waals surface area (Å²) < 4.78 is 28.9. The SMILES string of the molecule is CCCN(CC1CCCNC1)S(=O)(=O)NC1CC1. The second kappa shape index (κ2) is 6.32. The summed E-state index contributed by atoms with van der Waals surface area (Å²) in [6.07, 6.45) is 5.13. The maximum atomic E-state index is 12.2. The van der Waals surface area contributed by atoms with E-state index in [1.807, 2.05) is 6.92 Å². The maximum Gasteiger partial charge on any atom is 0.279 e. The van der Waals surface area contributed by atoms with E-state index in [1.54, 1.807) is 4.31 Å². The molecule has 1 aliphatic carbocycles. The topological polar surface area (TPSA) is 61.4 Å². The second-order valence-corrected chi connectivity index (χ2v) is 7.17. The van der Waals surface area contributed by atoms with Gasteiger partial charge in [0, 0.05) is 19.1 Å². The largest absolute Gasteiger partial charge is 0.316 e. The first kappa shape index (κ1) is 14.2. The zero-order valence-corrected chi connectivity index (χ0v) is 12.0. The fraction of sp³-hybridized carbons (Fsp3) is 1.00. The molecule has 2 rings (SSSR count). The number of hydrogen-bond acceptors (Lipinski definition) is 3. The lowest BCUT2D eigenvalue weighted by atomic mass is 10.00. The van der Waals surface area contributed by atoms with Gasteiger partial charge in [-0.1, -0.05) is 6.92 Å². The van der Waals surface area contributed by atoms with E-state index in [2.05, 4.69) is 10.0 Å². The Labute approximate surface area is 110 Å². The molecule has 2 aliphatic rings. The van der Waals surface area contributed by atoms with Crippen molar-refractivity contribution >= 4 is 10.2 Å². The van der Waals surface area contributed by atoms with E-state index in [9.17, 15) is 8.42 Å². The van der Waals surface area contributed by atoms with E-state index in [-0.39, 0.29) is 6.04 Å². The van der Waals surface area contributed by atoms with E-state index in [1.165, 1.54) is 0 Å². The molecule has 6 heteroatoms. The van der Waals surface area contributed by atoms with Gasteiger partial charge in [-0.15, -0.1) is 0 Å². The van der Waals surface area contributed by atoms with Gasteiger partial charge in [-0.05, 0) is 51.1 Å². The van der Waals surface area contributed by atoms with Gasteiger partial charge >= 0.3 is 0 Å². The first-order valence-electron chi connectivity index (χ1n) is 7.10. The molecule has 0 radical (unpaired) electrons. The minimum Gasteiger partial charge on any atom is -0.316 e. The molecule has 1 unspecified atom stereocenters. The van der Waals surface area contributed by atoms with E-state index in [0.29, 0.717) is 19.0 Å². The van der Waals surface area contributed by atoms with Gasteiger partial charge in [-0.25, -0.2) is 0 Å². The third kappa shape index (κ3) is 4.19. The highest BCUT2D eigenvalue weighted by atomic mass is 32.2. The predicted octanol–water partition coefficient (Wildman–Crippen LogP) is 0.695. The summed E-state index contributed by atoms with van der Waals surface area (Å²) in [5, 5.41) is 3.34. The number of nitrogens with one attached hydrogen (secondary N) is 2. The van der Waals surface area contributed by atoms with Crippen molar-refractivity contribution in [3.05, 3.63) is 0 Å². The lowest BCUT2D eigenvalue weighted by Crippen LogP contribution is -2.46. The Morgan fingerprint density at radius 2 is 2.11 bits per heavy atom. The number of nitrogens with zero attached hydrogens (tertiary/aromatic N) is 1. The lowest BCUT2D eigenvalue weighted by Gasteiger charge is -2.29. The minimum absolute atomic E-state index is 0.193. The average molecular weight is 275 g/mol. The van der Waals surface area contributed by atoms with Crippen LogP contribution in [0.2, 0.25) is 0 Å². The molecule has 0 aromatic carbocycles. The number of hydrogen-bond donors (Lipinski definition) is 2. The molecule has 0 spiro atoms. The molecule has 1 aliphatic heterocycles. The molecule has 106 valence electrons. The summed E-state index contributed by atoms with van der Waals surface area (Å²) >= 11 is 0. The Balaban J connectivity index is 1.92. The average Bonchev–Trinajstić information content (AvgIpc) is 3.13. The molecular formula is C12H25N3O2S. The number of rotatable bonds is 7.